The Balaban J connectivity index is 1.68. The number of hydrogen-bond donors (Lipinski definition) is 0. The van der Waals surface area contributed by atoms with Crippen LogP contribution >= 0.6 is 0 Å². The van der Waals surface area contributed by atoms with Gasteiger partial charge in [0, 0.05) is 38.3 Å². The van der Waals surface area contributed by atoms with Crippen molar-refractivity contribution in [3.05, 3.63) is 63.7 Å². The maximum absolute atomic E-state index is 13.6. The van der Waals surface area contributed by atoms with Gasteiger partial charge in [-0.2, -0.15) is 23.2 Å². The number of nitrogens with zero attached hydrogens (tertiary/aromatic N) is 7. The van der Waals surface area contributed by atoms with Crippen LogP contribution < -0.4 is 9.80 Å². The van der Waals surface area contributed by atoms with Gasteiger partial charge in [-0.15, -0.1) is 5.10 Å². The first-order valence-electron chi connectivity index (χ1n) is 13.7. The van der Waals surface area contributed by atoms with Crippen molar-refractivity contribution < 1.29 is 22.7 Å². The number of rotatable bonds is 12. The van der Waals surface area contributed by atoms with E-state index in [0.29, 0.717) is 24.9 Å². The predicted octanol–water partition coefficient (Wildman–Crippen LogP) is 4.97. The van der Waals surface area contributed by atoms with Gasteiger partial charge in [0.05, 0.1) is 31.4 Å². The quantitative estimate of drug-likeness (QED) is 0.223. The van der Waals surface area contributed by atoms with Crippen LogP contribution in [0.25, 0.3) is 0 Å². The maximum atomic E-state index is 13.6. The zero-order valence-electron chi connectivity index (χ0n) is 23.5. The van der Waals surface area contributed by atoms with Gasteiger partial charge in [0.1, 0.15) is 0 Å². The largest absolute Gasteiger partial charge is 0.469 e. The Kier molecular flexibility index (Phi) is 9.47. The first-order chi connectivity index (χ1) is 19.6. The fraction of sp³-hybridized carbons (Fsp3) is 0.483. The second-order valence-corrected chi connectivity index (χ2v) is 10.2. The van der Waals surface area contributed by atoms with Crippen molar-refractivity contribution in [2.24, 2.45) is 7.05 Å². The molecule has 9 nitrogen and oxygen atoms in total. The Morgan fingerprint density at radius 1 is 1.10 bits per heavy atom. The van der Waals surface area contributed by atoms with E-state index >= 15 is 0 Å². The molecule has 4 rings (SSSR count). The molecule has 1 aromatic heterocycles. The highest BCUT2D eigenvalue weighted by molar-refractivity contribution is 5.69. The zero-order valence-corrected chi connectivity index (χ0v) is 23.5. The van der Waals surface area contributed by atoms with E-state index < -0.39 is 11.7 Å². The number of hydrogen-bond acceptors (Lipinski definition) is 8. The molecule has 0 N–H and O–H groups in total. The standard InChI is InChI=1S/C29H34F3N7O2/c1-4-38(11-6-5-10-27(40)41-3)26-16-23-9-7-8-22(23)15-24(26)19-39(28-34-36-37(2)35-28)18-21-12-20(17-33)13-25(14-21)29(30,31)32/h12-16H,4-11,18-19H2,1-3H3. The molecule has 0 fully saturated rings. The third-order valence-corrected chi connectivity index (χ3v) is 7.27. The minimum absolute atomic E-state index is 0.0477. The molecule has 0 bridgehead atoms. The van der Waals surface area contributed by atoms with E-state index in [9.17, 15) is 23.2 Å². The summed E-state index contributed by atoms with van der Waals surface area (Å²) in [6.07, 6.45) is 0.320. The normalized spacial score (nSPS) is 12.6. The van der Waals surface area contributed by atoms with Crippen molar-refractivity contribution >= 4 is 17.6 Å². The topological polar surface area (TPSA) is 100 Å². The van der Waals surface area contributed by atoms with Crippen molar-refractivity contribution in [1.29, 1.82) is 5.26 Å². The van der Waals surface area contributed by atoms with Crippen molar-refractivity contribution in [3.8, 4) is 6.07 Å². The van der Waals surface area contributed by atoms with Crippen LogP contribution in [-0.4, -0.2) is 46.4 Å². The molecule has 0 spiro atoms. The number of benzene rings is 2. The number of nitriles is 1. The predicted molar refractivity (Wildman–Crippen MR) is 147 cm³/mol. The Morgan fingerprint density at radius 3 is 2.49 bits per heavy atom. The first-order valence-corrected chi connectivity index (χ1v) is 13.7. The van der Waals surface area contributed by atoms with Crippen LogP contribution in [0.1, 0.15) is 66.0 Å². The second-order valence-electron chi connectivity index (χ2n) is 10.2. The van der Waals surface area contributed by atoms with Crippen LogP contribution in [0.5, 0.6) is 0 Å². The average molecular weight is 570 g/mol. The number of carbonyl (C=O) groups excluding carboxylic acids is 1. The van der Waals surface area contributed by atoms with Crippen LogP contribution in [0.4, 0.5) is 24.8 Å². The van der Waals surface area contributed by atoms with Crippen LogP contribution in [-0.2, 0) is 48.7 Å². The summed E-state index contributed by atoms with van der Waals surface area (Å²) in [5.74, 6) is 0.0449. The van der Waals surface area contributed by atoms with Gasteiger partial charge in [0.2, 0.25) is 0 Å². The molecule has 0 unspecified atom stereocenters. The molecule has 1 heterocycles. The molecule has 3 aromatic rings. The number of anilines is 2. The summed E-state index contributed by atoms with van der Waals surface area (Å²) in [4.78, 5) is 16.9. The summed E-state index contributed by atoms with van der Waals surface area (Å²) >= 11 is 0. The summed E-state index contributed by atoms with van der Waals surface area (Å²) in [6, 6.07) is 9.63. The van der Waals surface area contributed by atoms with Crippen molar-refractivity contribution in [1.82, 2.24) is 20.2 Å². The lowest BCUT2D eigenvalue weighted by molar-refractivity contribution is -0.140. The van der Waals surface area contributed by atoms with Crippen LogP contribution in [0.2, 0.25) is 0 Å². The number of unbranched alkanes of at least 4 members (excludes halogenated alkanes) is 1. The summed E-state index contributed by atoms with van der Waals surface area (Å²) < 4.78 is 45.6. The third kappa shape index (κ3) is 7.54. The smallest absolute Gasteiger partial charge is 0.416 e. The molecule has 2 aromatic carbocycles. The number of fused-ring (bicyclic) bond motifs is 1. The number of ether oxygens (including phenoxy) is 1. The number of methoxy groups -OCH3 is 1. The van der Waals surface area contributed by atoms with Gasteiger partial charge >= 0.3 is 12.1 Å². The molecule has 0 aliphatic heterocycles. The third-order valence-electron chi connectivity index (χ3n) is 7.27. The lowest BCUT2D eigenvalue weighted by Gasteiger charge is -2.29. The lowest BCUT2D eigenvalue weighted by atomic mass is 10.0. The molecule has 41 heavy (non-hydrogen) atoms. The molecule has 0 saturated carbocycles. The molecule has 0 amide bonds. The molecule has 0 radical (unpaired) electrons. The highest BCUT2D eigenvalue weighted by Gasteiger charge is 2.31. The van der Waals surface area contributed by atoms with Crippen molar-refractivity contribution in [2.45, 2.75) is 64.7 Å². The van der Waals surface area contributed by atoms with Gasteiger partial charge in [-0.25, -0.2) is 0 Å². The van der Waals surface area contributed by atoms with E-state index in [1.807, 2.05) is 6.07 Å². The zero-order chi connectivity index (χ0) is 29.6. The SMILES string of the molecule is CCN(CCCCC(=O)OC)c1cc2c(cc1CN(Cc1cc(C#N)cc(C(F)(F)F)c1)c1nnn(C)n1)CCC2. The number of carbonyl (C=O) groups is 1. The van der Waals surface area contributed by atoms with Gasteiger partial charge in [0.15, 0.2) is 0 Å². The minimum atomic E-state index is -4.58. The number of aromatic nitrogens is 4. The van der Waals surface area contributed by atoms with Crippen LogP contribution in [0.15, 0.2) is 30.3 Å². The molecular formula is C29H34F3N7O2. The molecule has 12 heteroatoms. The van der Waals surface area contributed by atoms with Gasteiger partial charge in [-0.05, 0) is 90.8 Å². The monoisotopic (exact) mass is 569 g/mol. The van der Waals surface area contributed by atoms with Crippen LogP contribution in [0, 0.1) is 11.3 Å². The Labute approximate surface area is 237 Å². The summed E-state index contributed by atoms with van der Waals surface area (Å²) in [6.45, 7) is 3.93. The highest BCUT2D eigenvalue weighted by Crippen LogP contribution is 2.34. The number of alkyl halides is 3. The fourth-order valence-electron chi connectivity index (χ4n) is 5.24. The lowest BCUT2D eigenvalue weighted by Crippen LogP contribution is -2.29. The van der Waals surface area contributed by atoms with E-state index in [4.69, 9.17) is 4.74 Å². The number of halogens is 3. The summed E-state index contributed by atoms with van der Waals surface area (Å²) in [5, 5.41) is 21.8. The molecule has 0 atom stereocenters. The van der Waals surface area contributed by atoms with E-state index in [1.165, 1.54) is 29.1 Å². The van der Waals surface area contributed by atoms with Gasteiger partial charge in [-0.1, -0.05) is 11.2 Å². The highest BCUT2D eigenvalue weighted by atomic mass is 19.4. The second kappa shape index (κ2) is 13.0. The van der Waals surface area contributed by atoms with Crippen molar-refractivity contribution in [3.63, 3.8) is 0 Å². The molecular weight excluding hydrogens is 535 g/mol. The number of tetrazole rings is 1. The molecule has 1 aliphatic rings. The Hall–Kier alpha value is -4.14. The summed E-state index contributed by atoms with van der Waals surface area (Å²) in [5.41, 5.74) is 4.00. The minimum Gasteiger partial charge on any atom is -0.469 e. The van der Waals surface area contributed by atoms with Crippen LogP contribution in [0.3, 0.4) is 0 Å². The molecule has 0 saturated heterocycles. The van der Waals surface area contributed by atoms with E-state index in [1.54, 1.807) is 11.9 Å². The number of aryl methyl sites for hydroxylation is 3. The van der Waals surface area contributed by atoms with E-state index in [2.05, 4.69) is 39.4 Å². The molecule has 1 aliphatic carbocycles. The Bertz CT molecular complexity index is 1410. The van der Waals surface area contributed by atoms with E-state index in [0.717, 1.165) is 62.2 Å². The van der Waals surface area contributed by atoms with E-state index in [-0.39, 0.29) is 24.0 Å². The fourth-order valence-corrected chi connectivity index (χ4v) is 5.24. The number of esters is 1. The van der Waals surface area contributed by atoms with Gasteiger partial charge < -0.3 is 14.5 Å². The van der Waals surface area contributed by atoms with Crippen molar-refractivity contribution in [2.75, 3.05) is 30.0 Å². The average Bonchev–Trinajstić information content (AvgIpc) is 3.60. The molecule has 218 valence electrons. The first kappa shape index (κ1) is 29.8. The summed E-state index contributed by atoms with van der Waals surface area (Å²) in [7, 11) is 3.01. The maximum Gasteiger partial charge on any atom is 0.416 e. The van der Waals surface area contributed by atoms with Gasteiger partial charge in [0.25, 0.3) is 5.95 Å². The van der Waals surface area contributed by atoms with Gasteiger partial charge in [-0.3, -0.25) is 4.79 Å². The Morgan fingerprint density at radius 2 is 1.85 bits per heavy atom.